The SMILES string of the molecule is CCc1cc(C)nc(CCN)n1. The normalized spacial score (nSPS) is 10.2. The highest BCUT2D eigenvalue weighted by atomic mass is 14.9. The summed E-state index contributed by atoms with van der Waals surface area (Å²) in [5, 5.41) is 0. The Bertz CT molecular complexity index is 258. The van der Waals surface area contributed by atoms with E-state index in [-0.39, 0.29) is 0 Å². The Hall–Kier alpha value is -0.960. The van der Waals surface area contributed by atoms with E-state index in [4.69, 9.17) is 5.73 Å². The molecule has 0 bridgehead atoms. The first-order valence-electron chi connectivity index (χ1n) is 4.29. The second-order valence-corrected chi connectivity index (χ2v) is 2.81. The third-order valence-electron chi connectivity index (χ3n) is 1.68. The number of aryl methyl sites for hydroxylation is 2. The zero-order valence-electron chi connectivity index (χ0n) is 7.67. The Morgan fingerprint density at radius 1 is 1.42 bits per heavy atom. The molecule has 0 saturated heterocycles. The number of hydrogen-bond acceptors (Lipinski definition) is 3. The molecule has 0 saturated carbocycles. The third-order valence-corrected chi connectivity index (χ3v) is 1.68. The van der Waals surface area contributed by atoms with Crippen LogP contribution in [0.15, 0.2) is 6.07 Å². The topological polar surface area (TPSA) is 51.8 Å². The van der Waals surface area contributed by atoms with Crippen LogP contribution in [0.25, 0.3) is 0 Å². The molecule has 0 aliphatic heterocycles. The van der Waals surface area contributed by atoms with E-state index >= 15 is 0 Å². The van der Waals surface area contributed by atoms with Crippen LogP contribution in [0.3, 0.4) is 0 Å². The second-order valence-electron chi connectivity index (χ2n) is 2.81. The summed E-state index contributed by atoms with van der Waals surface area (Å²) in [7, 11) is 0. The van der Waals surface area contributed by atoms with E-state index in [1.807, 2.05) is 13.0 Å². The highest BCUT2D eigenvalue weighted by Gasteiger charge is 1.98. The zero-order valence-corrected chi connectivity index (χ0v) is 7.67. The van der Waals surface area contributed by atoms with Crippen molar-refractivity contribution in [1.29, 1.82) is 0 Å². The van der Waals surface area contributed by atoms with Crippen molar-refractivity contribution < 1.29 is 0 Å². The van der Waals surface area contributed by atoms with E-state index in [0.717, 1.165) is 30.1 Å². The summed E-state index contributed by atoms with van der Waals surface area (Å²) < 4.78 is 0. The molecule has 0 aliphatic carbocycles. The van der Waals surface area contributed by atoms with Gasteiger partial charge in [-0.15, -0.1) is 0 Å². The lowest BCUT2D eigenvalue weighted by Crippen LogP contribution is -2.08. The Morgan fingerprint density at radius 3 is 2.75 bits per heavy atom. The predicted molar refractivity (Wildman–Crippen MR) is 48.9 cm³/mol. The Balaban J connectivity index is 2.90. The van der Waals surface area contributed by atoms with Crippen molar-refractivity contribution in [2.24, 2.45) is 5.73 Å². The maximum Gasteiger partial charge on any atom is 0.130 e. The molecule has 0 aliphatic rings. The van der Waals surface area contributed by atoms with Crippen LogP contribution in [-0.2, 0) is 12.8 Å². The largest absolute Gasteiger partial charge is 0.330 e. The molecule has 1 rings (SSSR count). The fraction of sp³-hybridized carbons (Fsp3) is 0.556. The van der Waals surface area contributed by atoms with Crippen molar-refractivity contribution in [2.75, 3.05) is 6.54 Å². The lowest BCUT2D eigenvalue weighted by atomic mass is 10.2. The highest BCUT2D eigenvalue weighted by molar-refractivity contribution is 5.10. The van der Waals surface area contributed by atoms with Crippen LogP contribution in [0.5, 0.6) is 0 Å². The highest BCUT2D eigenvalue weighted by Crippen LogP contribution is 2.01. The lowest BCUT2D eigenvalue weighted by molar-refractivity contribution is 0.828. The van der Waals surface area contributed by atoms with E-state index in [1.165, 1.54) is 0 Å². The minimum atomic E-state index is 0.618. The molecule has 0 fully saturated rings. The third kappa shape index (κ3) is 2.27. The number of nitrogens with two attached hydrogens (primary N) is 1. The summed E-state index contributed by atoms with van der Waals surface area (Å²) in [5.74, 6) is 0.870. The minimum absolute atomic E-state index is 0.618. The first-order valence-corrected chi connectivity index (χ1v) is 4.29. The molecule has 3 heteroatoms. The molecule has 1 heterocycles. The van der Waals surface area contributed by atoms with Gasteiger partial charge in [-0.3, -0.25) is 0 Å². The van der Waals surface area contributed by atoms with Crippen LogP contribution in [0.1, 0.15) is 24.1 Å². The monoisotopic (exact) mass is 165 g/mol. The van der Waals surface area contributed by atoms with Crippen LogP contribution in [0.2, 0.25) is 0 Å². The number of rotatable bonds is 3. The molecule has 1 aromatic heterocycles. The van der Waals surface area contributed by atoms with Gasteiger partial charge in [-0.1, -0.05) is 6.92 Å². The Kier molecular flexibility index (Phi) is 3.17. The van der Waals surface area contributed by atoms with E-state index < -0.39 is 0 Å². The van der Waals surface area contributed by atoms with Crippen molar-refractivity contribution in [1.82, 2.24) is 9.97 Å². The molecule has 1 aromatic rings. The molecule has 12 heavy (non-hydrogen) atoms. The van der Waals surface area contributed by atoms with Gasteiger partial charge in [-0.25, -0.2) is 9.97 Å². The molecule has 0 spiro atoms. The fourth-order valence-electron chi connectivity index (χ4n) is 1.12. The quantitative estimate of drug-likeness (QED) is 0.722. The van der Waals surface area contributed by atoms with Crippen molar-refractivity contribution in [2.45, 2.75) is 26.7 Å². The summed E-state index contributed by atoms with van der Waals surface area (Å²) >= 11 is 0. The fourth-order valence-corrected chi connectivity index (χ4v) is 1.12. The predicted octanol–water partition coefficient (Wildman–Crippen LogP) is 0.849. The van der Waals surface area contributed by atoms with Crippen molar-refractivity contribution in [3.63, 3.8) is 0 Å². The first kappa shape index (κ1) is 9.13. The number of hydrogen-bond donors (Lipinski definition) is 1. The molecular weight excluding hydrogens is 150 g/mol. The Labute approximate surface area is 73.0 Å². The van der Waals surface area contributed by atoms with Gasteiger partial charge in [0, 0.05) is 17.8 Å². The van der Waals surface area contributed by atoms with Gasteiger partial charge in [-0.2, -0.15) is 0 Å². The van der Waals surface area contributed by atoms with Gasteiger partial charge in [0.2, 0.25) is 0 Å². The van der Waals surface area contributed by atoms with Gasteiger partial charge in [0.05, 0.1) is 0 Å². The van der Waals surface area contributed by atoms with E-state index in [1.54, 1.807) is 0 Å². The molecule has 66 valence electrons. The van der Waals surface area contributed by atoms with Crippen LogP contribution >= 0.6 is 0 Å². The van der Waals surface area contributed by atoms with E-state index in [9.17, 15) is 0 Å². The van der Waals surface area contributed by atoms with Gasteiger partial charge in [0.1, 0.15) is 5.82 Å². The first-order chi connectivity index (χ1) is 5.76. The maximum absolute atomic E-state index is 5.42. The molecular formula is C9H15N3. The lowest BCUT2D eigenvalue weighted by Gasteiger charge is -2.02. The maximum atomic E-state index is 5.42. The summed E-state index contributed by atoms with van der Waals surface area (Å²) in [4.78, 5) is 8.63. The zero-order chi connectivity index (χ0) is 8.97. The summed E-state index contributed by atoms with van der Waals surface area (Å²) in [6.07, 6.45) is 1.73. The molecule has 0 unspecified atom stereocenters. The van der Waals surface area contributed by atoms with Crippen molar-refractivity contribution >= 4 is 0 Å². The van der Waals surface area contributed by atoms with Gasteiger partial charge >= 0.3 is 0 Å². The standard InChI is InChI=1S/C9H15N3/c1-3-8-6-7(2)11-9(12-8)4-5-10/h6H,3-5,10H2,1-2H3. The van der Waals surface area contributed by atoms with Crippen molar-refractivity contribution in [3.05, 3.63) is 23.3 Å². The van der Waals surface area contributed by atoms with Crippen molar-refractivity contribution in [3.8, 4) is 0 Å². The van der Waals surface area contributed by atoms with Crippen LogP contribution < -0.4 is 5.73 Å². The average molecular weight is 165 g/mol. The van der Waals surface area contributed by atoms with Gasteiger partial charge in [0.15, 0.2) is 0 Å². The van der Waals surface area contributed by atoms with E-state index in [0.29, 0.717) is 6.54 Å². The van der Waals surface area contributed by atoms with Gasteiger partial charge < -0.3 is 5.73 Å². The molecule has 0 radical (unpaired) electrons. The second kappa shape index (κ2) is 4.16. The summed E-state index contributed by atoms with van der Waals surface area (Å²) in [6.45, 7) is 4.70. The molecule has 0 aromatic carbocycles. The van der Waals surface area contributed by atoms with Crippen LogP contribution in [0, 0.1) is 6.92 Å². The van der Waals surface area contributed by atoms with Crippen LogP contribution in [-0.4, -0.2) is 16.5 Å². The summed E-state index contributed by atoms with van der Waals surface area (Å²) in [6, 6.07) is 2.01. The molecule has 2 N–H and O–H groups in total. The number of aromatic nitrogens is 2. The smallest absolute Gasteiger partial charge is 0.130 e. The van der Waals surface area contributed by atoms with Gasteiger partial charge in [0.25, 0.3) is 0 Å². The average Bonchev–Trinajstić information content (AvgIpc) is 2.04. The molecule has 3 nitrogen and oxygen atoms in total. The molecule has 0 amide bonds. The minimum Gasteiger partial charge on any atom is -0.330 e. The van der Waals surface area contributed by atoms with Gasteiger partial charge in [-0.05, 0) is 26.0 Å². The molecule has 0 atom stereocenters. The van der Waals surface area contributed by atoms with Crippen LogP contribution in [0.4, 0.5) is 0 Å². The summed E-state index contributed by atoms with van der Waals surface area (Å²) in [5.41, 5.74) is 7.56. The van der Waals surface area contributed by atoms with E-state index in [2.05, 4.69) is 16.9 Å². The Morgan fingerprint density at radius 2 is 2.17 bits per heavy atom. The number of nitrogens with zero attached hydrogens (tertiary/aromatic N) is 2.